The van der Waals surface area contributed by atoms with Crippen LogP contribution in [-0.4, -0.2) is 55.4 Å². The van der Waals surface area contributed by atoms with Gasteiger partial charge < -0.3 is 29.4 Å². The molecule has 11 heteroatoms. The Hall–Kier alpha value is -4.41. The van der Waals surface area contributed by atoms with E-state index >= 15 is 0 Å². The van der Waals surface area contributed by atoms with E-state index in [0.717, 1.165) is 0 Å². The lowest BCUT2D eigenvalue weighted by Crippen LogP contribution is -2.41. The molecule has 2 aromatic carbocycles. The smallest absolute Gasteiger partial charge is 0.328 e. The van der Waals surface area contributed by atoms with Gasteiger partial charge in [0.05, 0.1) is 21.3 Å². The van der Waals surface area contributed by atoms with Crippen LogP contribution in [0, 0.1) is 11.6 Å². The van der Waals surface area contributed by atoms with Crippen molar-refractivity contribution < 1.29 is 42.4 Å². The Labute approximate surface area is 218 Å². The lowest BCUT2D eigenvalue weighted by Gasteiger charge is -2.27. The summed E-state index contributed by atoms with van der Waals surface area (Å²) in [6.07, 6.45) is 0.344. The first kappa shape index (κ1) is 28.2. The molecule has 0 spiro atoms. The number of ether oxygens (including phenoxy) is 4. The van der Waals surface area contributed by atoms with Crippen molar-refractivity contribution in [3.05, 3.63) is 77.1 Å². The molecule has 202 valence electrons. The van der Waals surface area contributed by atoms with E-state index in [1.165, 1.54) is 64.8 Å². The Kier molecular flexibility index (Phi) is 9.06. The summed E-state index contributed by atoms with van der Waals surface area (Å²) in [6, 6.07) is 8.67. The van der Waals surface area contributed by atoms with Crippen molar-refractivity contribution in [1.29, 1.82) is 0 Å². The molecule has 0 bridgehead atoms. The van der Waals surface area contributed by atoms with Crippen LogP contribution in [0.3, 0.4) is 0 Å². The van der Waals surface area contributed by atoms with Crippen molar-refractivity contribution in [2.75, 3.05) is 21.3 Å². The molecule has 38 heavy (non-hydrogen) atoms. The fourth-order valence-electron chi connectivity index (χ4n) is 3.93. The monoisotopic (exact) mass is 530 g/mol. The van der Waals surface area contributed by atoms with Crippen molar-refractivity contribution in [2.24, 2.45) is 0 Å². The molecule has 0 radical (unpaired) electrons. The Morgan fingerprint density at radius 1 is 0.868 bits per heavy atom. The molecule has 0 aliphatic rings. The highest BCUT2D eigenvalue weighted by atomic mass is 19.1. The SMILES string of the molecule is COc1ccc(C(c2ccc(OC)c(F)c2)[C@H](C)OC(=O)[C@H](C)NC(=O)c2nccc(OC)c2O)cc1F. The molecule has 9 nitrogen and oxygen atoms in total. The first-order valence-corrected chi connectivity index (χ1v) is 11.5. The number of hydrogen-bond donors (Lipinski definition) is 2. The fourth-order valence-corrected chi connectivity index (χ4v) is 3.93. The van der Waals surface area contributed by atoms with Gasteiger partial charge in [0.25, 0.3) is 5.91 Å². The Balaban J connectivity index is 1.85. The highest BCUT2D eigenvalue weighted by Gasteiger charge is 2.29. The summed E-state index contributed by atoms with van der Waals surface area (Å²) in [5, 5.41) is 12.6. The summed E-state index contributed by atoms with van der Waals surface area (Å²) in [5.74, 6) is -4.13. The van der Waals surface area contributed by atoms with E-state index in [-0.39, 0.29) is 22.9 Å². The maximum atomic E-state index is 14.6. The van der Waals surface area contributed by atoms with Gasteiger partial charge in [0, 0.05) is 18.2 Å². The predicted octanol–water partition coefficient (Wildman–Crippen LogP) is 3.97. The Morgan fingerprint density at radius 2 is 1.39 bits per heavy atom. The van der Waals surface area contributed by atoms with Crippen LogP contribution < -0.4 is 19.5 Å². The second-order valence-electron chi connectivity index (χ2n) is 8.31. The van der Waals surface area contributed by atoms with E-state index in [1.54, 1.807) is 19.1 Å². The van der Waals surface area contributed by atoms with Gasteiger partial charge >= 0.3 is 5.97 Å². The van der Waals surface area contributed by atoms with Crippen LogP contribution >= 0.6 is 0 Å². The number of esters is 1. The van der Waals surface area contributed by atoms with Crippen LogP contribution in [-0.2, 0) is 9.53 Å². The fraction of sp³-hybridized carbons (Fsp3) is 0.296. The zero-order chi connectivity index (χ0) is 28.0. The van der Waals surface area contributed by atoms with Gasteiger partial charge in [-0.05, 0) is 49.2 Å². The van der Waals surface area contributed by atoms with Gasteiger partial charge in [-0.25, -0.2) is 18.6 Å². The Morgan fingerprint density at radius 3 is 1.87 bits per heavy atom. The normalized spacial score (nSPS) is 12.4. The maximum Gasteiger partial charge on any atom is 0.328 e. The summed E-state index contributed by atoms with van der Waals surface area (Å²) in [5.41, 5.74) is 0.461. The Bertz CT molecular complexity index is 1270. The number of carbonyl (C=O) groups is 2. The van der Waals surface area contributed by atoms with Crippen molar-refractivity contribution in [3.8, 4) is 23.0 Å². The molecule has 0 fully saturated rings. The quantitative estimate of drug-likeness (QED) is 0.379. The number of nitrogens with one attached hydrogen (secondary N) is 1. The molecule has 1 heterocycles. The number of nitrogens with zero attached hydrogens (tertiary/aromatic N) is 1. The van der Waals surface area contributed by atoms with Crippen LogP contribution in [0.1, 0.15) is 41.4 Å². The average molecular weight is 531 g/mol. The number of methoxy groups -OCH3 is 3. The molecule has 2 atom stereocenters. The molecule has 0 aliphatic heterocycles. The van der Waals surface area contributed by atoms with Gasteiger partial charge in [-0.2, -0.15) is 0 Å². The molecule has 0 aliphatic carbocycles. The van der Waals surface area contributed by atoms with Crippen LogP contribution in [0.25, 0.3) is 0 Å². The number of hydrogen-bond acceptors (Lipinski definition) is 8. The van der Waals surface area contributed by atoms with Crippen LogP contribution in [0.4, 0.5) is 8.78 Å². The van der Waals surface area contributed by atoms with Crippen LogP contribution in [0.2, 0.25) is 0 Å². The number of aromatic hydroxyl groups is 1. The van der Waals surface area contributed by atoms with E-state index in [4.69, 9.17) is 18.9 Å². The number of pyridine rings is 1. The molecular formula is C27H28F2N2O7. The highest BCUT2D eigenvalue weighted by Crippen LogP contribution is 2.34. The zero-order valence-electron chi connectivity index (χ0n) is 21.5. The number of amides is 1. The summed E-state index contributed by atoms with van der Waals surface area (Å²) in [7, 11) is 3.97. The van der Waals surface area contributed by atoms with Gasteiger partial charge in [0.1, 0.15) is 12.1 Å². The minimum absolute atomic E-state index is 0.0174. The highest BCUT2D eigenvalue weighted by molar-refractivity contribution is 5.97. The second-order valence-corrected chi connectivity index (χ2v) is 8.31. The van der Waals surface area contributed by atoms with Gasteiger partial charge in [-0.15, -0.1) is 0 Å². The topological polar surface area (TPSA) is 116 Å². The maximum absolute atomic E-state index is 14.6. The summed E-state index contributed by atoms with van der Waals surface area (Å²) in [6.45, 7) is 2.95. The van der Waals surface area contributed by atoms with E-state index in [9.17, 15) is 23.5 Å². The molecule has 3 rings (SSSR count). The third-order valence-electron chi connectivity index (χ3n) is 5.86. The summed E-state index contributed by atoms with van der Waals surface area (Å²) < 4.78 is 49.7. The first-order valence-electron chi connectivity index (χ1n) is 11.5. The number of benzene rings is 2. The predicted molar refractivity (Wildman–Crippen MR) is 133 cm³/mol. The lowest BCUT2D eigenvalue weighted by molar-refractivity contribution is -0.150. The molecule has 0 saturated heterocycles. The van der Waals surface area contributed by atoms with Gasteiger partial charge in [-0.1, -0.05) is 12.1 Å². The summed E-state index contributed by atoms with van der Waals surface area (Å²) >= 11 is 0. The van der Waals surface area contributed by atoms with Gasteiger partial charge in [0.2, 0.25) is 0 Å². The molecular weight excluding hydrogens is 502 g/mol. The molecule has 2 N–H and O–H groups in total. The third kappa shape index (κ3) is 6.10. The standard InChI is InChI=1S/C27H28F2N2O7/c1-14(31-26(33)24-25(32)22(37-5)10-11-30-24)27(34)38-15(2)23(16-6-8-20(35-3)18(28)12-16)17-7-9-21(36-4)19(29)13-17/h6-15,23,32H,1-5H3,(H,31,33)/t14-,15-/m0/s1. The van der Waals surface area contributed by atoms with Crippen molar-refractivity contribution in [1.82, 2.24) is 10.3 Å². The molecule has 1 aromatic heterocycles. The van der Waals surface area contributed by atoms with Crippen LogP contribution in [0.5, 0.6) is 23.0 Å². The van der Waals surface area contributed by atoms with Crippen LogP contribution in [0.15, 0.2) is 48.7 Å². The van der Waals surface area contributed by atoms with Gasteiger partial charge in [0.15, 0.2) is 40.3 Å². The minimum atomic E-state index is -1.15. The second kappa shape index (κ2) is 12.2. The van der Waals surface area contributed by atoms with E-state index < -0.39 is 47.3 Å². The molecule has 0 unspecified atom stereocenters. The first-order chi connectivity index (χ1) is 18.1. The number of aromatic nitrogens is 1. The molecule has 1 amide bonds. The molecule has 0 saturated carbocycles. The van der Waals surface area contributed by atoms with Crippen molar-refractivity contribution >= 4 is 11.9 Å². The number of carbonyl (C=O) groups excluding carboxylic acids is 2. The van der Waals surface area contributed by atoms with Gasteiger partial charge in [-0.3, -0.25) is 4.79 Å². The van der Waals surface area contributed by atoms with E-state index in [0.29, 0.717) is 11.1 Å². The van der Waals surface area contributed by atoms with Crippen molar-refractivity contribution in [2.45, 2.75) is 31.9 Å². The van der Waals surface area contributed by atoms with E-state index in [2.05, 4.69) is 10.3 Å². The third-order valence-corrected chi connectivity index (χ3v) is 5.86. The number of halogens is 2. The average Bonchev–Trinajstić information content (AvgIpc) is 2.89. The lowest BCUT2D eigenvalue weighted by atomic mass is 9.86. The number of rotatable bonds is 10. The molecule has 3 aromatic rings. The van der Waals surface area contributed by atoms with E-state index in [1.807, 2.05) is 0 Å². The minimum Gasteiger partial charge on any atom is -0.503 e. The van der Waals surface area contributed by atoms with Crippen molar-refractivity contribution in [3.63, 3.8) is 0 Å². The summed E-state index contributed by atoms with van der Waals surface area (Å²) in [4.78, 5) is 29.3. The largest absolute Gasteiger partial charge is 0.503 e. The zero-order valence-corrected chi connectivity index (χ0v) is 21.5.